The number of nitrogens with zero attached hydrogens (tertiary/aromatic N) is 1. The second kappa shape index (κ2) is 25.2. The zero-order valence-corrected chi connectivity index (χ0v) is 25.1. The number of nitrogens with one attached hydrogen (secondary N) is 1. The van der Waals surface area contributed by atoms with Gasteiger partial charge in [0, 0.05) is 31.3 Å². The average molecular weight is 551 g/mol. The third kappa shape index (κ3) is 19.0. The van der Waals surface area contributed by atoms with Gasteiger partial charge in [0.15, 0.2) is 0 Å². The predicted octanol–water partition coefficient (Wildman–Crippen LogP) is 6.35. The van der Waals surface area contributed by atoms with Crippen LogP contribution in [0, 0.1) is 0 Å². The van der Waals surface area contributed by atoms with E-state index in [4.69, 9.17) is 19.7 Å². The second-order valence-corrected chi connectivity index (χ2v) is 10.5. The number of unbranched alkanes of at least 4 members (excludes halogenated alkanes) is 12. The Morgan fingerprint density at radius 3 is 1.59 bits per heavy atom. The van der Waals surface area contributed by atoms with Crippen LogP contribution in [0.25, 0.3) is 0 Å². The first-order valence-corrected chi connectivity index (χ1v) is 15.8. The summed E-state index contributed by atoms with van der Waals surface area (Å²) in [6.07, 6.45) is 17.9. The highest BCUT2D eigenvalue weighted by Crippen LogP contribution is 2.24. The van der Waals surface area contributed by atoms with Crippen molar-refractivity contribution in [1.82, 2.24) is 10.2 Å². The molecule has 0 aliphatic rings. The van der Waals surface area contributed by atoms with Gasteiger partial charge in [-0.3, -0.25) is 9.69 Å². The third-order valence-corrected chi connectivity index (χ3v) is 6.94. The van der Waals surface area contributed by atoms with Crippen molar-refractivity contribution in [3.63, 3.8) is 0 Å². The van der Waals surface area contributed by atoms with Crippen LogP contribution in [0.5, 0.6) is 11.5 Å². The summed E-state index contributed by atoms with van der Waals surface area (Å²) in [7, 11) is 0. The molecule has 39 heavy (non-hydrogen) atoms. The molecule has 1 aromatic rings. The highest BCUT2D eigenvalue weighted by Gasteiger charge is 2.11. The first kappa shape index (κ1) is 35.2. The number of benzene rings is 1. The lowest BCUT2D eigenvalue weighted by Gasteiger charge is -2.20. The van der Waals surface area contributed by atoms with Gasteiger partial charge < -0.3 is 25.0 Å². The van der Waals surface area contributed by atoms with Crippen molar-refractivity contribution in [2.45, 2.75) is 110 Å². The standard InChI is InChI=1S/C32H58N2O5/c1-3-5-7-9-11-13-15-24-38-30-26-29(32(37)33-18-17-19-34(20-22-35)21-23-36)27-31(28-30)39-25-16-14-12-10-8-6-4-2/h26-28,35-36H,3-25H2,1-2H3,(H,33,37). The zero-order chi connectivity index (χ0) is 28.4. The van der Waals surface area contributed by atoms with Crippen molar-refractivity contribution in [3.05, 3.63) is 23.8 Å². The number of hydrogen-bond acceptors (Lipinski definition) is 6. The molecule has 0 aromatic heterocycles. The van der Waals surface area contributed by atoms with E-state index >= 15 is 0 Å². The molecule has 7 heteroatoms. The molecule has 0 fully saturated rings. The zero-order valence-electron chi connectivity index (χ0n) is 25.1. The summed E-state index contributed by atoms with van der Waals surface area (Å²) in [6, 6.07) is 5.52. The van der Waals surface area contributed by atoms with Gasteiger partial charge in [-0.15, -0.1) is 0 Å². The number of amides is 1. The number of aliphatic hydroxyl groups excluding tert-OH is 2. The van der Waals surface area contributed by atoms with Gasteiger partial charge in [0.1, 0.15) is 11.5 Å². The summed E-state index contributed by atoms with van der Waals surface area (Å²) < 4.78 is 12.1. The molecule has 0 heterocycles. The fourth-order valence-electron chi connectivity index (χ4n) is 4.59. The van der Waals surface area contributed by atoms with Crippen molar-refractivity contribution in [1.29, 1.82) is 0 Å². The maximum atomic E-state index is 12.9. The van der Waals surface area contributed by atoms with Gasteiger partial charge in [-0.25, -0.2) is 0 Å². The number of rotatable bonds is 27. The first-order valence-electron chi connectivity index (χ1n) is 15.8. The minimum atomic E-state index is -0.145. The molecule has 0 saturated carbocycles. The number of ether oxygens (including phenoxy) is 2. The lowest BCUT2D eigenvalue weighted by atomic mass is 10.1. The maximum Gasteiger partial charge on any atom is 0.251 e. The third-order valence-electron chi connectivity index (χ3n) is 6.94. The van der Waals surface area contributed by atoms with Crippen molar-refractivity contribution in [2.24, 2.45) is 0 Å². The molecule has 0 bridgehead atoms. The van der Waals surface area contributed by atoms with Gasteiger partial charge in [-0.05, 0) is 37.9 Å². The summed E-state index contributed by atoms with van der Waals surface area (Å²) in [5.41, 5.74) is 0.546. The Morgan fingerprint density at radius 2 is 1.13 bits per heavy atom. The van der Waals surface area contributed by atoms with Crippen LogP contribution >= 0.6 is 0 Å². The van der Waals surface area contributed by atoms with E-state index in [9.17, 15) is 4.79 Å². The van der Waals surface area contributed by atoms with E-state index in [1.54, 1.807) is 12.1 Å². The van der Waals surface area contributed by atoms with Gasteiger partial charge in [-0.2, -0.15) is 0 Å². The maximum absolute atomic E-state index is 12.9. The SMILES string of the molecule is CCCCCCCCCOc1cc(OCCCCCCCCC)cc(C(=O)NCCCN(CCO)CCO)c1. The van der Waals surface area contributed by atoms with E-state index < -0.39 is 0 Å². The molecule has 0 aliphatic carbocycles. The molecule has 0 saturated heterocycles. The minimum absolute atomic E-state index is 0.0552. The molecular formula is C32H58N2O5. The van der Waals surface area contributed by atoms with Crippen LogP contribution in [0.15, 0.2) is 18.2 Å². The monoisotopic (exact) mass is 550 g/mol. The van der Waals surface area contributed by atoms with Crippen LogP contribution in [0.4, 0.5) is 0 Å². The van der Waals surface area contributed by atoms with Crippen molar-refractivity contribution >= 4 is 5.91 Å². The van der Waals surface area contributed by atoms with E-state index in [0.29, 0.717) is 56.5 Å². The summed E-state index contributed by atoms with van der Waals surface area (Å²) in [6.45, 7) is 8.13. The lowest BCUT2D eigenvalue weighted by molar-refractivity contribution is 0.0948. The van der Waals surface area contributed by atoms with E-state index in [1.807, 2.05) is 11.0 Å². The van der Waals surface area contributed by atoms with E-state index in [-0.39, 0.29) is 19.1 Å². The van der Waals surface area contributed by atoms with Crippen molar-refractivity contribution in [2.75, 3.05) is 52.6 Å². The van der Waals surface area contributed by atoms with E-state index in [0.717, 1.165) is 32.1 Å². The molecule has 0 unspecified atom stereocenters. The fraction of sp³-hybridized carbons (Fsp3) is 0.781. The molecule has 3 N–H and O–H groups in total. The summed E-state index contributed by atoms with van der Waals surface area (Å²) in [4.78, 5) is 14.9. The van der Waals surface area contributed by atoms with Crippen molar-refractivity contribution < 1.29 is 24.5 Å². The Bertz CT molecular complexity index is 672. The van der Waals surface area contributed by atoms with Gasteiger partial charge in [0.25, 0.3) is 5.91 Å². The van der Waals surface area contributed by atoms with Crippen LogP contribution in [-0.4, -0.2) is 73.6 Å². The molecule has 1 aromatic carbocycles. The molecule has 1 amide bonds. The summed E-state index contributed by atoms with van der Waals surface area (Å²) in [5.74, 6) is 1.22. The number of carbonyl (C=O) groups is 1. The Balaban J connectivity index is 2.59. The molecule has 0 spiro atoms. The molecule has 7 nitrogen and oxygen atoms in total. The smallest absolute Gasteiger partial charge is 0.251 e. The predicted molar refractivity (Wildman–Crippen MR) is 161 cm³/mol. The summed E-state index contributed by atoms with van der Waals surface area (Å²) >= 11 is 0. The van der Waals surface area contributed by atoms with Crippen molar-refractivity contribution in [3.8, 4) is 11.5 Å². The summed E-state index contributed by atoms with van der Waals surface area (Å²) in [5, 5.41) is 21.3. The molecule has 226 valence electrons. The van der Waals surface area contributed by atoms with Crippen LogP contribution in [0.2, 0.25) is 0 Å². The molecule has 0 atom stereocenters. The Kier molecular flexibility index (Phi) is 22.7. The number of carbonyl (C=O) groups excluding carboxylic acids is 1. The Morgan fingerprint density at radius 1 is 0.667 bits per heavy atom. The van der Waals surface area contributed by atoms with Gasteiger partial charge in [-0.1, -0.05) is 90.9 Å². The second-order valence-electron chi connectivity index (χ2n) is 10.5. The highest BCUT2D eigenvalue weighted by atomic mass is 16.5. The number of hydrogen-bond donors (Lipinski definition) is 3. The topological polar surface area (TPSA) is 91.3 Å². The van der Waals surface area contributed by atoms with Crippen LogP contribution in [0.3, 0.4) is 0 Å². The largest absolute Gasteiger partial charge is 0.493 e. The molecule has 0 aliphatic heterocycles. The first-order chi connectivity index (χ1) is 19.1. The van der Waals surface area contributed by atoms with Gasteiger partial charge in [0.05, 0.1) is 26.4 Å². The Labute approximate surface area is 238 Å². The van der Waals surface area contributed by atoms with Crippen LogP contribution < -0.4 is 14.8 Å². The van der Waals surface area contributed by atoms with Crippen LogP contribution in [0.1, 0.15) is 121 Å². The highest BCUT2D eigenvalue weighted by molar-refractivity contribution is 5.95. The molecule has 1 rings (SSSR count). The normalized spacial score (nSPS) is 11.2. The number of aliphatic hydroxyl groups is 2. The molecule has 0 radical (unpaired) electrons. The average Bonchev–Trinajstić information content (AvgIpc) is 2.94. The minimum Gasteiger partial charge on any atom is -0.493 e. The quantitative estimate of drug-likeness (QED) is 0.111. The van der Waals surface area contributed by atoms with E-state index in [1.165, 1.54) is 64.2 Å². The molecular weight excluding hydrogens is 492 g/mol. The van der Waals surface area contributed by atoms with Crippen LogP contribution in [-0.2, 0) is 0 Å². The fourth-order valence-corrected chi connectivity index (χ4v) is 4.59. The van der Waals surface area contributed by atoms with E-state index in [2.05, 4.69) is 19.2 Å². The van der Waals surface area contributed by atoms with Gasteiger partial charge in [0.2, 0.25) is 0 Å². The lowest BCUT2D eigenvalue weighted by Crippen LogP contribution is -2.33. The Hall–Kier alpha value is -1.83. The van der Waals surface area contributed by atoms with Gasteiger partial charge >= 0.3 is 0 Å².